The predicted molar refractivity (Wildman–Crippen MR) is 84.5 cm³/mol. The first-order chi connectivity index (χ1) is 10.1. The van der Waals surface area contributed by atoms with Crippen molar-refractivity contribution in [2.24, 2.45) is 0 Å². The molecule has 2 unspecified atom stereocenters. The Morgan fingerprint density at radius 2 is 1.90 bits per heavy atom. The van der Waals surface area contributed by atoms with Crippen LogP contribution in [-0.2, 0) is 0 Å². The zero-order chi connectivity index (χ0) is 14.9. The van der Waals surface area contributed by atoms with Crippen LogP contribution in [0, 0.1) is 0 Å². The van der Waals surface area contributed by atoms with Crippen molar-refractivity contribution in [1.29, 1.82) is 0 Å². The topological polar surface area (TPSA) is 34.1 Å². The van der Waals surface area contributed by atoms with Crippen molar-refractivity contribution < 1.29 is 4.74 Å². The summed E-state index contributed by atoms with van der Waals surface area (Å²) >= 11 is 0. The van der Waals surface area contributed by atoms with E-state index in [-0.39, 0.29) is 5.54 Å². The van der Waals surface area contributed by atoms with Gasteiger partial charge in [0, 0.05) is 29.9 Å². The standard InChI is InChI=1S/C18H22N2O/c1-18(2)16(13-7-9-19-10-8-13)12-17(20-18)14-5-4-6-15(11-14)21-3/h4-11,16-17,20H,12H2,1-3H3. The summed E-state index contributed by atoms with van der Waals surface area (Å²) in [4.78, 5) is 4.13. The van der Waals surface area contributed by atoms with Gasteiger partial charge >= 0.3 is 0 Å². The zero-order valence-corrected chi connectivity index (χ0v) is 12.8. The average Bonchev–Trinajstić information content (AvgIpc) is 2.84. The van der Waals surface area contributed by atoms with Crippen LogP contribution in [0.4, 0.5) is 0 Å². The van der Waals surface area contributed by atoms with E-state index in [0.29, 0.717) is 12.0 Å². The van der Waals surface area contributed by atoms with Crippen molar-refractivity contribution in [3.8, 4) is 5.75 Å². The Hall–Kier alpha value is -1.87. The molecule has 0 aliphatic carbocycles. The largest absolute Gasteiger partial charge is 0.497 e. The Bertz CT molecular complexity index is 610. The molecule has 3 nitrogen and oxygen atoms in total. The highest BCUT2D eigenvalue weighted by atomic mass is 16.5. The molecule has 1 fully saturated rings. The molecule has 3 rings (SSSR count). The molecule has 0 amide bonds. The quantitative estimate of drug-likeness (QED) is 0.932. The van der Waals surface area contributed by atoms with Gasteiger partial charge in [0.2, 0.25) is 0 Å². The van der Waals surface area contributed by atoms with Gasteiger partial charge in [-0.2, -0.15) is 0 Å². The summed E-state index contributed by atoms with van der Waals surface area (Å²) in [7, 11) is 1.71. The second-order valence-electron chi connectivity index (χ2n) is 6.26. The van der Waals surface area contributed by atoms with E-state index in [2.05, 4.69) is 54.5 Å². The predicted octanol–water partition coefficient (Wildman–Crippen LogP) is 3.69. The molecule has 1 aromatic heterocycles. The van der Waals surface area contributed by atoms with E-state index >= 15 is 0 Å². The van der Waals surface area contributed by atoms with E-state index in [1.54, 1.807) is 7.11 Å². The fraction of sp³-hybridized carbons (Fsp3) is 0.389. The lowest BCUT2D eigenvalue weighted by Gasteiger charge is -2.27. The third-order valence-corrected chi connectivity index (χ3v) is 4.49. The van der Waals surface area contributed by atoms with Gasteiger partial charge in [0.15, 0.2) is 0 Å². The van der Waals surface area contributed by atoms with Crippen molar-refractivity contribution in [3.05, 3.63) is 59.9 Å². The summed E-state index contributed by atoms with van der Waals surface area (Å²) in [5, 5.41) is 3.77. The van der Waals surface area contributed by atoms with Crippen LogP contribution in [0.15, 0.2) is 48.8 Å². The van der Waals surface area contributed by atoms with Crippen LogP contribution in [-0.4, -0.2) is 17.6 Å². The monoisotopic (exact) mass is 282 g/mol. The smallest absolute Gasteiger partial charge is 0.119 e. The van der Waals surface area contributed by atoms with Crippen LogP contribution in [0.2, 0.25) is 0 Å². The number of hydrogen-bond acceptors (Lipinski definition) is 3. The van der Waals surface area contributed by atoms with Gasteiger partial charge in [-0.25, -0.2) is 0 Å². The van der Waals surface area contributed by atoms with Crippen molar-refractivity contribution >= 4 is 0 Å². The van der Waals surface area contributed by atoms with Crippen molar-refractivity contribution in [3.63, 3.8) is 0 Å². The third kappa shape index (κ3) is 2.79. The summed E-state index contributed by atoms with van der Waals surface area (Å²) in [6.07, 6.45) is 4.85. The molecule has 1 aliphatic rings. The molecule has 1 aliphatic heterocycles. The molecule has 0 bridgehead atoms. The van der Waals surface area contributed by atoms with Gasteiger partial charge < -0.3 is 10.1 Å². The number of nitrogens with zero attached hydrogens (tertiary/aromatic N) is 1. The first kappa shape index (κ1) is 14.1. The molecule has 0 spiro atoms. The lowest BCUT2D eigenvalue weighted by Crippen LogP contribution is -2.37. The summed E-state index contributed by atoms with van der Waals surface area (Å²) < 4.78 is 5.34. The number of methoxy groups -OCH3 is 1. The Morgan fingerprint density at radius 3 is 2.62 bits per heavy atom. The molecule has 3 heteroatoms. The van der Waals surface area contributed by atoms with Crippen LogP contribution in [0.1, 0.15) is 43.4 Å². The molecule has 2 atom stereocenters. The van der Waals surface area contributed by atoms with Gasteiger partial charge in [0.25, 0.3) is 0 Å². The fourth-order valence-electron chi connectivity index (χ4n) is 3.37. The van der Waals surface area contributed by atoms with Gasteiger partial charge in [-0.1, -0.05) is 12.1 Å². The normalized spacial score (nSPS) is 24.0. The second kappa shape index (κ2) is 5.49. The molecule has 21 heavy (non-hydrogen) atoms. The van der Waals surface area contributed by atoms with Crippen LogP contribution in [0.3, 0.4) is 0 Å². The lowest BCUT2D eigenvalue weighted by atomic mass is 9.83. The molecule has 1 saturated heterocycles. The SMILES string of the molecule is COc1cccc(C2CC(c3ccncc3)C(C)(C)N2)c1. The van der Waals surface area contributed by atoms with Crippen molar-refractivity contribution in [1.82, 2.24) is 10.3 Å². The van der Waals surface area contributed by atoms with Crippen LogP contribution >= 0.6 is 0 Å². The molecule has 0 saturated carbocycles. The third-order valence-electron chi connectivity index (χ3n) is 4.49. The van der Waals surface area contributed by atoms with Crippen LogP contribution < -0.4 is 10.1 Å². The highest BCUT2D eigenvalue weighted by molar-refractivity contribution is 5.34. The maximum absolute atomic E-state index is 5.34. The van der Waals surface area contributed by atoms with E-state index < -0.39 is 0 Å². The summed E-state index contributed by atoms with van der Waals surface area (Å²) in [6, 6.07) is 13.0. The van der Waals surface area contributed by atoms with Crippen LogP contribution in [0.25, 0.3) is 0 Å². The minimum absolute atomic E-state index is 0.0646. The number of rotatable bonds is 3. The molecular weight excluding hydrogens is 260 g/mol. The lowest BCUT2D eigenvalue weighted by molar-refractivity contribution is 0.395. The van der Waals surface area contributed by atoms with Gasteiger partial charge in [0.05, 0.1) is 7.11 Å². The van der Waals surface area contributed by atoms with Crippen molar-refractivity contribution in [2.75, 3.05) is 7.11 Å². The number of nitrogens with one attached hydrogen (secondary N) is 1. The van der Waals surface area contributed by atoms with Gasteiger partial charge in [-0.3, -0.25) is 4.98 Å². The van der Waals surface area contributed by atoms with E-state index in [4.69, 9.17) is 4.74 Å². The number of benzene rings is 1. The summed E-state index contributed by atoms with van der Waals surface area (Å²) in [5.41, 5.74) is 2.71. The molecule has 2 heterocycles. The maximum Gasteiger partial charge on any atom is 0.119 e. The first-order valence-electron chi connectivity index (χ1n) is 7.42. The highest BCUT2D eigenvalue weighted by Crippen LogP contribution is 2.43. The second-order valence-corrected chi connectivity index (χ2v) is 6.26. The fourth-order valence-corrected chi connectivity index (χ4v) is 3.37. The van der Waals surface area contributed by atoms with E-state index in [0.717, 1.165) is 12.2 Å². The van der Waals surface area contributed by atoms with Gasteiger partial charge in [0.1, 0.15) is 5.75 Å². The zero-order valence-electron chi connectivity index (χ0n) is 12.8. The maximum atomic E-state index is 5.34. The van der Waals surface area contributed by atoms with E-state index in [9.17, 15) is 0 Å². The van der Waals surface area contributed by atoms with Crippen LogP contribution in [0.5, 0.6) is 5.75 Å². The number of ether oxygens (including phenoxy) is 1. The minimum atomic E-state index is 0.0646. The molecule has 1 N–H and O–H groups in total. The van der Waals surface area contributed by atoms with Gasteiger partial charge in [-0.05, 0) is 55.7 Å². The number of aromatic nitrogens is 1. The average molecular weight is 282 g/mol. The number of hydrogen-bond donors (Lipinski definition) is 1. The summed E-state index contributed by atoms with van der Waals surface area (Å²) in [5.74, 6) is 1.40. The van der Waals surface area contributed by atoms with E-state index in [1.165, 1.54) is 11.1 Å². The minimum Gasteiger partial charge on any atom is -0.497 e. The Morgan fingerprint density at radius 1 is 1.14 bits per heavy atom. The van der Waals surface area contributed by atoms with Gasteiger partial charge in [-0.15, -0.1) is 0 Å². The van der Waals surface area contributed by atoms with Crippen molar-refractivity contribution in [2.45, 2.75) is 37.8 Å². The molecule has 1 aromatic carbocycles. The Kier molecular flexibility index (Phi) is 3.68. The molecule has 0 radical (unpaired) electrons. The highest BCUT2D eigenvalue weighted by Gasteiger charge is 2.41. The first-order valence-corrected chi connectivity index (χ1v) is 7.42. The summed E-state index contributed by atoms with van der Waals surface area (Å²) in [6.45, 7) is 4.55. The Balaban J connectivity index is 1.87. The number of pyridine rings is 1. The molecule has 2 aromatic rings. The molecular formula is C18H22N2O. The van der Waals surface area contributed by atoms with E-state index in [1.807, 2.05) is 18.5 Å². The Labute approximate surface area is 126 Å². The molecule has 110 valence electrons.